The number of aliphatic carboxylic acids is 1. The molecule has 5 heteroatoms. The number of hydrogen-bond donors (Lipinski definition) is 1. The summed E-state index contributed by atoms with van der Waals surface area (Å²) in [5, 5.41) is 25.3. The van der Waals surface area contributed by atoms with E-state index >= 15 is 0 Å². The molecule has 1 N–H and O–H groups in total. The lowest BCUT2D eigenvalue weighted by Gasteiger charge is -2.17. The molecule has 13 heavy (non-hydrogen) atoms. The van der Waals surface area contributed by atoms with Crippen molar-refractivity contribution in [1.82, 2.24) is 4.90 Å². The van der Waals surface area contributed by atoms with Gasteiger partial charge in [0.15, 0.2) is 0 Å². The minimum absolute atomic E-state index is 0.0885. The van der Waals surface area contributed by atoms with Crippen molar-refractivity contribution in [2.45, 2.75) is 6.92 Å². The average Bonchev–Trinajstić information content (AvgIpc) is 2.05. The van der Waals surface area contributed by atoms with Crippen molar-refractivity contribution in [2.24, 2.45) is 5.92 Å². The largest absolute Gasteiger partial charge is 0.481 e. The summed E-state index contributed by atoms with van der Waals surface area (Å²) in [4.78, 5) is 11.9. The van der Waals surface area contributed by atoms with Crippen LogP contribution in [0.2, 0.25) is 0 Å². The molecule has 0 aromatic heterocycles. The molecule has 0 aliphatic carbocycles. The molecule has 5 nitrogen and oxygen atoms in total. The number of nitrogens with zero attached hydrogens (tertiary/aromatic N) is 3. The van der Waals surface area contributed by atoms with E-state index in [2.05, 4.69) is 0 Å². The molecule has 0 radical (unpaired) electrons. The van der Waals surface area contributed by atoms with E-state index in [-0.39, 0.29) is 19.6 Å². The van der Waals surface area contributed by atoms with E-state index in [4.69, 9.17) is 15.6 Å². The molecular formula is C8H11N3O2. The summed E-state index contributed by atoms with van der Waals surface area (Å²) >= 11 is 0. The summed E-state index contributed by atoms with van der Waals surface area (Å²) in [5.74, 6) is -1.47. The number of rotatable bonds is 5. The molecular weight excluding hydrogens is 170 g/mol. The second-order valence-corrected chi connectivity index (χ2v) is 2.73. The highest BCUT2D eigenvalue weighted by molar-refractivity contribution is 5.69. The Bertz CT molecular complexity index is 235. The molecule has 0 saturated heterocycles. The topological polar surface area (TPSA) is 88.1 Å². The normalized spacial score (nSPS) is 11.7. The molecule has 0 aromatic carbocycles. The van der Waals surface area contributed by atoms with E-state index < -0.39 is 11.9 Å². The zero-order valence-corrected chi connectivity index (χ0v) is 7.40. The van der Waals surface area contributed by atoms with E-state index in [1.165, 1.54) is 4.90 Å². The van der Waals surface area contributed by atoms with E-state index in [0.717, 1.165) is 0 Å². The zero-order chi connectivity index (χ0) is 10.3. The van der Waals surface area contributed by atoms with Crippen LogP contribution in [0, 0.1) is 28.6 Å². The zero-order valence-electron chi connectivity index (χ0n) is 7.40. The van der Waals surface area contributed by atoms with Crippen LogP contribution in [-0.2, 0) is 4.79 Å². The van der Waals surface area contributed by atoms with Gasteiger partial charge in [-0.1, -0.05) is 6.92 Å². The molecule has 0 bridgehead atoms. The minimum atomic E-state index is -0.916. The smallest absolute Gasteiger partial charge is 0.307 e. The molecule has 1 atom stereocenters. The Morgan fingerprint density at radius 3 is 2.23 bits per heavy atom. The maximum absolute atomic E-state index is 10.5. The number of carboxylic acids is 1. The lowest BCUT2D eigenvalue weighted by Crippen LogP contribution is -2.32. The fourth-order valence-corrected chi connectivity index (χ4v) is 0.850. The second kappa shape index (κ2) is 5.99. The molecule has 0 amide bonds. The first-order valence-electron chi connectivity index (χ1n) is 3.81. The van der Waals surface area contributed by atoms with Gasteiger partial charge in [-0.05, 0) is 0 Å². The number of carboxylic acid groups (broad SMARTS) is 1. The van der Waals surface area contributed by atoms with Crippen molar-refractivity contribution in [1.29, 1.82) is 10.5 Å². The first-order valence-corrected chi connectivity index (χ1v) is 3.81. The summed E-state index contributed by atoms with van der Waals surface area (Å²) in [6, 6.07) is 3.76. The van der Waals surface area contributed by atoms with Gasteiger partial charge in [-0.15, -0.1) is 0 Å². The molecule has 0 saturated carbocycles. The minimum Gasteiger partial charge on any atom is -0.481 e. The van der Waals surface area contributed by atoms with Crippen LogP contribution in [0.25, 0.3) is 0 Å². The standard InChI is InChI=1S/C8H11N3O2/c1-7(8(12)13)6-11(4-2-9)5-3-10/h7H,4-6H2,1H3,(H,12,13). The van der Waals surface area contributed by atoms with Crippen LogP contribution < -0.4 is 0 Å². The van der Waals surface area contributed by atoms with Gasteiger partial charge in [0.05, 0.1) is 31.1 Å². The van der Waals surface area contributed by atoms with E-state index in [1.807, 2.05) is 12.1 Å². The summed E-state index contributed by atoms with van der Waals surface area (Å²) in [5.41, 5.74) is 0. The number of nitriles is 2. The quantitative estimate of drug-likeness (QED) is 0.605. The van der Waals surface area contributed by atoms with Crippen molar-refractivity contribution < 1.29 is 9.90 Å². The van der Waals surface area contributed by atoms with E-state index in [9.17, 15) is 4.79 Å². The third kappa shape index (κ3) is 4.78. The third-order valence-electron chi connectivity index (χ3n) is 1.54. The van der Waals surface area contributed by atoms with E-state index in [0.29, 0.717) is 0 Å². The first-order chi connectivity index (χ1) is 6.11. The van der Waals surface area contributed by atoms with Crippen LogP contribution in [0.5, 0.6) is 0 Å². The van der Waals surface area contributed by atoms with Gasteiger partial charge in [-0.2, -0.15) is 10.5 Å². The average molecular weight is 181 g/mol. The summed E-state index contributed by atoms with van der Waals surface area (Å²) < 4.78 is 0. The van der Waals surface area contributed by atoms with Crippen LogP contribution in [0.15, 0.2) is 0 Å². The van der Waals surface area contributed by atoms with Crippen molar-refractivity contribution >= 4 is 5.97 Å². The highest BCUT2D eigenvalue weighted by Crippen LogP contribution is 1.99. The Balaban J connectivity index is 4.04. The van der Waals surface area contributed by atoms with Crippen molar-refractivity contribution in [3.8, 4) is 12.1 Å². The summed E-state index contributed by atoms with van der Waals surface area (Å²) in [6.07, 6.45) is 0. The third-order valence-corrected chi connectivity index (χ3v) is 1.54. The molecule has 70 valence electrons. The van der Waals surface area contributed by atoms with Gasteiger partial charge in [0, 0.05) is 6.54 Å². The van der Waals surface area contributed by atoms with Gasteiger partial charge in [0.2, 0.25) is 0 Å². The lowest BCUT2D eigenvalue weighted by atomic mass is 10.2. The van der Waals surface area contributed by atoms with Gasteiger partial charge in [0.25, 0.3) is 0 Å². The van der Waals surface area contributed by atoms with Gasteiger partial charge in [-0.25, -0.2) is 0 Å². The predicted molar refractivity (Wildman–Crippen MR) is 44.5 cm³/mol. The first kappa shape index (κ1) is 11.4. The van der Waals surface area contributed by atoms with Crippen molar-refractivity contribution in [2.75, 3.05) is 19.6 Å². The second-order valence-electron chi connectivity index (χ2n) is 2.73. The predicted octanol–water partition coefficient (Wildman–Crippen LogP) is 0.0563. The number of carbonyl (C=O) groups is 1. The molecule has 0 aliphatic heterocycles. The SMILES string of the molecule is CC(CN(CC#N)CC#N)C(=O)O. The summed E-state index contributed by atoms with van der Waals surface area (Å²) in [6.45, 7) is 1.96. The molecule has 0 aromatic rings. The maximum atomic E-state index is 10.5. The molecule has 0 fully saturated rings. The molecule has 0 rings (SSSR count). The van der Waals surface area contributed by atoms with Gasteiger partial charge >= 0.3 is 5.97 Å². The Hall–Kier alpha value is -1.59. The Morgan fingerprint density at radius 2 is 1.92 bits per heavy atom. The fourth-order valence-electron chi connectivity index (χ4n) is 0.850. The monoisotopic (exact) mass is 181 g/mol. The van der Waals surface area contributed by atoms with Crippen LogP contribution in [0.4, 0.5) is 0 Å². The molecule has 1 unspecified atom stereocenters. The van der Waals surface area contributed by atoms with Crippen LogP contribution in [-0.4, -0.2) is 35.6 Å². The Labute approximate surface area is 76.8 Å². The van der Waals surface area contributed by atoms with Gasteiger partial charge in [0.1, 0.15) is 0 Å². The van der Waals surface area contributed by atoms with Crippen LogP contribution in [0.3, 0.4) is 0 Å². The Kier molecular flexibility index (Phi) is 5.25. The van der Waals surface area contributed by atoms with Crippen molar-refractivity contribution in [3.05, 3.63) is 0 Å². The van der Waals surface area contributed by atoms with Gasteiger partial charge in [-0.3, -0.25) is 9.69 Å². The highest BCUT2D eigenvalue weighted by atomic mass is 16.4. The van der Waals surface area contributed by atoms with Crippen molar-refractivity contribution in [3.63, 3.8) is 0 Å². The number of hydrogen-bond acceptors (Lipinski definition) is 4. The van der Waals surface area contributed by atoms with Crippen LogP contribution >= 0.6 is 0 Å². The summed E-state index contributed by atoms with van der Waals surface area (Å²) in [7, 11) is 0. The lowest BCUT2D eigenvalue weighted by molar-refractivity contribution is -0.141. The maximum Gasteiger partial charge on any atom is 0.307 e. The fraction of sp³-hybridized carbons (Fsp3) is 0.625. The highest BCUT2D eigenvalue weighted by Gasteiger charge is 2.15. The molecule has 0 spiro atoms. The van der Waals surface area contributed by atoms with Crippen LogP contribution in [0.1, 0.15) is 6.92 Å². The molecule has 0 aliphatic rings. The Morgan fingerprint density at radius 1 is 1.46 bits per heavy atom. The van der Waals surface area contributed by atoms with Gasteiger partial charge < -0.3 is 5.11 Å². The molecule has 0 heterocycles. The van der Waals surface area contributed by atoms with E-state index in [1.54, 1.807) is 6.92 Å².